The fraction of sp³-hybridized carbons (Fsp3) is 0.412. The standard InChI is InChI=1S/C17H23N3O/c1-17(2,3)20-16(21)8-10-18-12-13-6-7-15-14(11-13)5-4-9-19-15/h4-7,9,11,18H,8,10,12H2,1-3H3,(H,20,21). The molecule has 0 aliphatic rings. The highest BCUT2D eigenvalue weighted by molar-refractivity contribution is 5.79. The van der Waals surface area contributed by atoms with Gasteiger partial charge < -0.3 is 10.6 Å². The molecule has 0 saturated heterocycles. The van der Waals surface area contributed by atoms with E-state index in [1.54, 1.807) is 6.20 Å². The maximum absolute atomic E-state index is 11.7. The van der Waals surface area contributed by atoms with Crippen molar-refractivity contribution in [1.29, 1.82) is 0 Å². The van der Waals surface area contributed by atoms with Crippen molar-refractivity contribution in [2.75, 3.05) is 6.54 Å². The topological polar surface area (TPSA) is 54.0 Å². The van der Waals surface area contributed by atoms with Crippen molar-refractivity contribution < 1.29 is 4.79 Å². The summed E-state index contributed by atoms with van der Waals surface area (Å²) in [5.41, 5.74) is 2.04. The van der Waals surface area contributed by atoms with Gasteiger partial charge in [-0.25, -0.2) is 0 Å². The second kappa shape index (κ2) is 6.68. The predicted octanol–water partition coefficient (Wildman–Crippen LogP) is 2.63. The van der Waals surface area contributed by atoms with E-state index >= 15 is 0 Å². The molecule has 2 N–H and O–H groups in total. The van der Waals surface area contributed by atoms with Gasteiger partial charge in [0.1, 0.15) is 0 Å². The van der Waals surface area contributed by atoms with Crippen molar-refractivity contribution in [2.45, 2.75) is 39.3 Å². The number of hydrogen-bond acceptors (Lipinski definition) is 3. The molecular formula is C17H23N3O. The molecule has 1 aromatic carbocycles. The van der Waals surface area contributed by atoms with Crippen LogP contribution in [0.2, 0.25) is 0 Å². The first-order valence-corrected chi connectivity index (χ1v) is 7.29. The molecular weight excluding hydrogens is 262 g/mol. The molecule has 1 amide bonds. The average Bonchev–Trinajstić information content (AvgIpc) is 2.41. The molecule has 0 saturated carbocycles. The second-order valence-electron chi connectivity index (χ2n) is 6.26. The summed E-state index contributed by atoms with van der Waals surface area (Å²) in [6.45, 7) is 7.39. The van der Waals surface area contributed by atoms with Crippen molar-refractivity contribution in [3.63, 3.8) is 0 Å². The molecule has 4 heteroatoms. The van der Waals surface area contributed by atoms with Crippen LogP contribution in [0.15, 0.2) is 36.5 Å². The molecule has 0 radical (unpaired) electrons. The van der Waals surface area contributed by atoms with Gasteiger partial charge in [-0.15, -0.1) is 0 Å². The van der Waals surface area contributed by atoms with E-state index < -0.39 is 0 Å². The van der Waals surface area contributed by atoms with Gasteiger partial charge in [0.25, 0.3) is 0 Å². The highest BCUT2D eigenvalue weighted by Crippen LogP contribution is 2.13. The first-order valence-electron chi connectivity index (χ1n) is 7.29. The van der Waals surface area contributed by atoms with E-state index in [2.05, 4.69) is 33.8 Å². The van der Waals surface area contributed by atoms with Crippen molar-refractivity contribution >= 4 is 16.8 Å². The Hall–Kier alpha value is -1.94. The van der Waals surface area contributed by atoms with E-state index in [-0.39, 0.29) is 11.4 Å². The first-order chi connectivity index (χ1) is 9.94. The maximum Gasteiger partial charge on any atom is 0.221 e. The first kappa shape index (κ1) is 15.4. The van der Waals surface area contributed by atoms with E-state index in [1.807, 2.05) is 32.9 Å². The maximum atomic E-state index is 11.7. The third-order valence-electron chi connectivity index (χ3n) is 3.04. The highest BCUT2D eigenvalue weighted by Gasteiger charge is 2.12. The molecule has 0 unspecified atom stereocenters. The van der Waals surface area contributed by atoms with E-state index in [0.29, 0.717) is 13.0 Å². The van der Waals surface area contributed by atoms with Crippen molar-refractivity contribution in [3.8, 4) is 0 Å². The van der Waals surface area contributed by atoms with Gasteiger partial charge in [0.2, 0.25) is 5.91 Å². The number of rotatable bonds is 5. The lowest BCUT2D eigenvalue weighted by atomic mass is 10.1. The van der Waals surface area contributed by atoms with Gasteiger partial charge in [0.15, 0.2) is 0 Å². The SMILES string of the molecule is CC(C)(C)NC(=O)CCNCc1ccc2ncccc2c1. The van der Waals surface area contributed by atoms with Crippen LogP contribution in [-0.2, 0) is 11.3 Å². The Morgan fingerprint density at radius 2 is 2.05 bits per heavy atom. The molecule has 21 heavy (non-hydrogen) atoms. The highest BCUT2D eigenvalue weighted by atomic mass is 16.1. The molecule has 112 valence electrons. The van der Waals surface area contributed by atoms with Gasteiger partial charge in [0.05, 0.1) is 5.52 Å². The van der Waals surface area contributed by atoms with Crippen LogP contribution in [-0.4, -0.2) is 23.0 Å². The fourth-order valence-electron chi connectivity index (χ4n) is 2.15. The average molecular weight is 285 g/mol. The van der Waals surface area contributed by atoms with E-state index in [4.69, 9.17) is 0 Å². The number of carbonyl (C=O) groups is 1. The number of amides is 1. The molecule has 0 fully saturated rings. The molecule has 0 atom stereocenters. The monoisotopic (exact) mass is 285 g/mol. The summed E-state index contributed by atoms with van der Waals surface area (Å²) in [6, 6.07) is 10.2. The molecule has 4 nitrogen and oxygen atoms in total. The zero-order valence-electron chi connectivity index (χ0n) is 12.9. The third-order valence-corrected chi connectivity index (χ3v) is 3.04. The van der Waals surface area contributed by atoms with Crippen LogP contribution in [0.25, 0.3) is 10.9 Å². The van der Waals surface area contributed by atoms with Gasteiger partial charge in [0, 0.05) is 36.6 Å². The molecule has 0 bridgehead atoms. The predicted molar refractivity (Wildman–Crippen MR) is 86.0 cm³/mol. The van der Waals surface area contributed by atoms with Gasteiger partial charge in [-0.05, 0) is 44.5 Å². The molecule has 1 heterocycles. The smallest absolute Gasteiger partial charge is 0.221 e. The van der Waals surface area contributed by atoms with Crippen molar-refractivity contribution in [2.24, 2.45) is 0 Å². The van der Waals surface area contributed by atoms with Gasteiger partial charge in [-0.2, -0.15) is 0 Å². The van der Waals surface area contributed by atoms with Gasteiger partial charge >= 0.3 is 0 Å². The largest absolute Gasteiger partial charge is 0.351 e. The number of carbonyl (C=O) groups excluding carboxylic acids is 1. The number of pyridine rings is 1. The number of nitrogens with zero attached hydrogens (tertiary/aromatic N) is 1. The van der Waals surface area contributed by atoms with E-state index in [1.165, 1.54) is 5.56 Å². The molecule has 0 aliphatic heterocycles. The van der Waals surface area contributed by atoms with Crippen LogP contribution in [0.5, 0.6) is 0 Å². The van der Waals surface area contributed by atoms with Crippen LogP contribution in [0.3, 0.4) is 0 Å². The minimum Gasteiger partial charge on any atom is -0.351 e. The van der Waals surface area contributed by atoms with Crippen LogP contribution in [0, 0.1) is 0 Å². The zero-order chi connectivity index (χ0) is 15.3. The number of hydrogen-bond donors (Lipinski definition) is 2. The molecule has 2 aromatic rings. The fourth-order valence-corrected chi connectivity index (χ4v) is 2.15. The number of aromatic nitrogens is 1. The summed E-state index contributed by atoms with van der Waals surface area (Å²) in [4.78, 5) is 16.0. The van der Waals surface area contributed by atoms with Crippen molar-refractivity contribution in [3.05, 3.63) is 42.1 Å². The summed E-state index contributed by atoms with van der Waals surface area (Å²) in [6.07, 6.45) is 2.29. The summed E-state index contributed by atoms with van der Waals surface area (Å²) >= 11 is 0. The van der Waals surface area contributed by atoms with Gasteiger partial charge in [-0.1, -0.05) is 12.1 Å². The molecule has 2 rings (SSSR count). The minimum absolute atomic E-state index is 0.0812. The van der Waals surface area contributed by atoms with Crippen molar-refractivity contribution in [1.82, 2.24) is 15.6 Å². The Kier molecular flexibility index (Phi) is 4.91. The Bertz CT molecular complexity index is 617. The summed E-state index contributed by atoms with van der Waals surface area (Å²) in [5.74, 6) is 0.0812. The quantitative estimate of drug-likeness (QED) is 0.830. The van der Waals surface area contributed by atoms with Crippen LogP contribution in [0.1, 0.15) is 32.8 Å². The molecule has 1 aromatic heterocycles. The van der Waals surface area contributed by atoms with E-state index in [9.17, 15) is 4.79 Å². The zero-order valence-corrected chi connectivity index (χ0v) is 12.9. The van der Waals surface area contributed by atoms with Crippen LogP contribution >= 0.6 is 0 Å². The molecule has 0 spiro atoms. The van der Waals surface area contributed by atoms with Gasteiger partial charge in [-0.3, -0.25) is 9.78 Å². The summed E-state index contributed by atoms with van der Waals surface area (Å²) < 4.78 is 0. The summed E-state index contributed by atoms with van der Waals surface area (Å²) in [5, 5.41) is 7.40. The summed E-state index contributed by atoms with van der Waals surface area (Å²) in [7, 11) is 0. The number of nitrogens with one attached hydrogen (secondary N) is 2. The lowest BCUT2D eigenvalue weighted by molar-refractivity contribution is -0.122. The lowest BCUT2D eigenvalue weighted by Gasteiger charge is -2.20. The lowest BCUT2D eigenvalue weighted by Crippen LogP contribution is -2.41. The number of benzene rings is 1. The Morgan fingerprint density at radius 1 is 1.24 bits per heavy atom. The minimum atomic E-state index is -0.164. The second-order valence-corrected chi connectivity index (χ2v) is 6.26. The Balaban J connectivity index is 1.79. The number of fused-ring (bicyclic) bond motifs is 1. The normalized spacial score (nSPS) is 11.6. The Morgan fingerprint density at radius 3 is 2.81 bits per heavy atom. The molecule has 0 aliphatic carbocycles. The Labute approximate surface area is 126 Å². The third kappa shape index (κ3) is 5.16. The van der Waals surface area contributed by atoms with E-state index in [0.717, 1.165) is 17.4 Å². The van der Waals surface area contributed by atoms with Crippen LogP contribution < -0.4 is 10.6 Å². The van der Waals surface area contributed by atoms with Crippen LogP contribution in [0.4, 0.5) is 0 Å².